The van der Waals surface area contributed by atoms with Crippen molar-refractivity contribution in [1.29, 1.82) is 0 Å². The standard InChI is InChI=1S/C18H23N3O/c1-14-10-17(22-2)11-16(20-14)13-21-9-8-19-12-18(21)15-6-4-3-5-7-15/h3-7,10-11,18-19H,8-9,12-13H2,1-2H3. The Labute approximate surface area is 132 Å². The van der Waals surface area contributed by atoms with Gasteiger partial charge in [0, 0.05) is 50.0 Å². The van der Waals surface area contributed by atoms with E-state index < -0.39 is 0 Å². The Kier molecular flexibility index (Phi) is 4.71. The third-order valence-corrected chi connectivity index (χ3v) is 4.12. The number of hydrogen-bond acceptors (Lipinski definition) is 4. The Bertz CT molecular complexity index is 615. The van der Waals surface area contributed by atoms with E-state index >= 15 is 0 Å². The van der Waals surface area contributed by atoms with Crippen molar-refractivity contribution in [2.75, 3.05) is 26.7 Å². The van der Waals surface area contributed by atoms with Crippen molar-refractivity contribution < 1.29 is 4.74 Å². The van der Waals surface area contributed by atoms with Crippen LogP contribution in [0.2, 0.25) is 0 Å². The molecule has 22 heavy (non-hydrogen) atoms. The van der Waals surface area contributed by atoms with E-state index in [1.54, 1.807) is 7.11 Å². The van der Waals surface area contributed by atoms with Gasteiger partial charge < -0.3 is 10.1 Å². The van der Waals surface area contributed by atoms with Crippen LogP contribution in [-0.4, -0.2) is 36.6 Å². The molecule has 0 bridgehead atoms. The first-order valence-electron chi connectivity index (χ1n) is 7.77. The second-order valence-corrected chi connectivity index (χ2v) is 5.74. The summed E-state index contributed by atoms with van der Waals surface area (Å²) >= 11 is 0. The molecule has 3 rings (SSSR count). The topological polar surface area (TPSA) is 37.4 Å². The molecule has 2 aromatic rings. The van der Waals surface area contributed by atoms with Gasteiger partial charge in [-0.1, -0.05) is 30.3 Å². The van der Waals surface area contributed by atoms with Gasteiger partial charge >= 0.3 is 0 Å². The van der Waals surface area contributed by atoms with Crippen molar-refractivity contribution in [2.45, 2.75) is 19.5 Å². The molecule has 0 amide bonds. The van der Waals surface area contributed by atoms with E-state index in [4.69, 9.17) is 4.74 Å². The first kappa shape index (κ1) is 15.0. The Morgan fingerprint density at radius 1 is 1.27 bits per heavy atom. The summed E-state index contributed by atoms with van der Waals surface area (Å²) in [5, 5.41) is 3.50. The average molecular weight is 297 g/mol. The molecule has 4 heteroatoms. The lowest BCUT2D eigenvalue weighted by Gasteiger charge is -2.36. The summed E-state index contributed by atoms with van der Waals surface area (Å²) < 4.78 is 5.37. The molecule has 1 aliphatic heterocycles. The number of hydrogen-bond donors (Lipinski definition) is 1. The van der Waals surface area contributed by atoms with Gasteiger partial charge in [0.1, 0.15) is 5.75 Å². The van der Waals surface area contributed by atoms with E-state index in [1.807, 2.05) is 19.1 Å². The lowest BCUT2D eigenvalue weighted by molar-refractivity contribution is 0.151. The minimum Gasteiger partial charge on any atom is -0.497 e. The molecule has 2 heterocycles. The van der Waals surface area contributed by atoms with Crippen LogP contribution in [0.4, 0.5) is 0 Å². The van der Waals surface area contributed by atoms with E-state index in [0.717, 1.165) is 43.3 Å². The summed E-state index contributed by atoms with van der Waals surface area (Å²) in [4.78, 5) is 7.16. The van der Waals surface area contributed by atoms with Crippen molar-refractivity contribution in [3.05, 3.63) is 59.4 Å². The minimum absolute atomic E-state index is 0.392. The van der Waals surface area contributed by atoms with Crippen LogP contribution >= 0.6 is 0 Å². The summed E-state index contributed by atoms with van der Waals surface area (Å²) in [7, 11) is 1.70. The van der Waals surface area contributed by atoms with Gasteiger partial charge in [-0.25, -0.2) is 0 Å². The van der Waals surface area contributed by atoms with Crippen LogP contribution in [-0.2, 0) is 6.54 Å². The molecule has 116 valence electrons. The highest BCUT2D eigenvalue weighted by Crippen LogP contribution is 2.24. The highest BCUT2D eigenvalue weighted by molar-refractivity contribution is 5.27. The maximum absolute atomic E-state index is 5.37. The molecule has 0 aliphatic carbocycles. The van der Waals surface area contributed by atoms with Crippen LogP contribution in [0.1, 0.15) is 23.0 Å². The number of nitrogens with zero attached hydrogens (tertiary/aromatic N) is 2. The number of ether oxygens (including phenoxy) is 1. The largest absolute Gasteiger partial charge is 0.497 e. The normalized spacial score (nSPS) is 19.1. The second kappa shape index (κ2) is 6.90. The van der Waals surface area contributed by atoms with E-state index in [1.165, 1.54) is 5.56 Å². The number of benzene rings is 1. The second-order valence-electron chi connectivity index (χ2n) is 5.74. The maximum atomic E-state index is 5.37. The fourth-order valence-corrected chi connectivity index (χ4v) is 3.05. The zero-order chi connectivity index (χ0) is 15.4. The number of nitrogens with one attached hydrogen (secondary N) is 1. The Morgan fingerprint density at radius 2 is 2.09 bits per heavy atom. The molecule has 1 atom stereocenters. The fraction of sp³-hybridized carbons (Fsp3) is 0.389. The SMILES string of the molecule is COc1cc(C)nc(CN2CCNCC2c2ccccc2)c1. The summed E-state index contributed by atoms with van der Waals surface area (Å²) in [5.41, 5.74) is 3.43. The average Bonchev–Trinajstić information content (AvgIpc) is 2.55. The smallest absolute Gasteiger partial charge is 0.122 e. The first-order chi connectivity index (χ1) is 10.8. The molecule has 1 fully saturated rings. The van der Waals surface area contributed by atoms with Crippen molar-refractivity contribution in [3.8, 4) is 5.75 Å². The van der Waals surface area contributed by atoms with Gasteiger partial charge in [-0.3, -0.25) is 9.88 Å². The van der Waals surface area contributed by atoms with Gasteiger partial charge in [0.05, 0.1) is 12.8 Å². The number of pyridine rings is 1. The molecule has 1 unspecified atom stereocenters. The molecular formula is C18H23N3O. The van der Waals surface area contributed by atoms with Crippen molar-refractivity contribution in [3.63, 3.8) is 0 Å². The van der Waals surface area contributed by atoms with Crippen LogP contribution < -0.4 is 10.1 Å². The Balaban J connectivity index is 1.81. The molecule has 0 saturated carbocycles. The third-order valence-electron chi connectivity index (χ3n) is 4.12. The molecule has 4 nitrogen and oxygen atoms in total. The van der Waals surface area contributed by atoms with E-state index in [0.29, 0.717) is 6.04 Å². The summed E-state index contributed by atoms with van der Waals surface area (Å²) in [6.45, 7) is 5.88. The monoisotopic (exact) mass is 297 g/mol. The molecule has 1 N–H and O–H groups in total. The van der Waals surface area contributed by atoms with Crippen LogP contribution in [0.5, 0.6) is 5.75 Å². The summed E-state index contributed by atoms with van der Waals surface area (Å²) in [6, 6.07) is 15.1. The van der Waals surface area contributed by atoms with Gasteiger partial charge in [-0.05, 0) is 12.5 Å². The number of rotatable bonds is 4. The van der Waals surface area contributed by atoms with E-state index in [-0.39, 0.29) is 0 Å². The maximum Gasteiger partial charge on any atom is 0.122 e. The van der Waals surface area contributed by atoms with Gasteiger partial charge in [0.15, 0.2) is 0 Å². The molecule has 0 radical (unpaired) electrons. The highest BCUT2D eigenvalue weighted by atomic mass is 16.5. The summed E-state index contributed by atoms with van der Waals surface area (Å²) in [5.74, 6) is 0.883. The minimum atomic E-state index is 0.392. The molecule has 1 aliphatic rings. The zero-order valence-electron chi connectivity index (χ0n) is 13.2. The highest BCUT2D eigenvalue weighted by Gasteiger charge is 2.24. The number of aryl methyl sites for hydroxylation is 1. The number of aromatic nitrogens is 1. The van der Waals surface area contributed by atoms with Crippen molar-refractivity contribution in [1.82, 2.24) is 15.2 Å². The van der Waals surface area contributed by atoms with Crippen LogP contribution in [0.25, 0.3) is 0 Å². The Hall–Kier alpha value is -1.91. The van der Waals surface area contributed by atoms with E-state index in [2.05, 4.69) is 45.5 Å². The molecule has 1 aromatic heterocycles. The quantitative estimate of drug-likeness (QED) is 0.941. The molecule has 1 aromatic carbocycles. The fourth-order valence-electron chi connectivity index (χ4n) is 3.05. The predicted octanol–water partition coefficient (Wildman–Crippen LogP) is 2.55. The molecule has 0 spiro atoms. The zero-order valence-corrected chi connectivity index (χ0v) is 13.2. The van der Waals surface area contributed by atoms with Crippen LogP contribution in [0.3, 0.4) is 0 Å². The number of methoxy groups -OCH3 is 1. The van der Waals surface area contributed by atoms with Gasteiger partial charge in [-0.2, -0.15) is 0 Å². The Morgan fingerprint density at radius 3 is 2.86 bits per heavy atom. The number of piperazine rings is 1. The van der Waals surface area contributed by atoms with Gasteiger partial charge in [-0.15, -0.1) is 0 Å². The third kappa shape index (κ3) is 3.46. The predicted molar refractivity (Wildman–Crippen MR) is 88.0 cm³/mol. The van der Waals surface area contributed by atoms with Crippen LogP contribution in [0, 0.1) is 6.92 Å². The lowest BCUT2D eigenvalue weighted by Crippen LogP contribution is -2.45. The molecule has 1 saturated heterocycles. The van der Waals surface area contributed by atoms with Gasteiger partial charge in [0.25, 0.3) is 0 Å². The molecular weight excluding hydrogens is 274 g/mol. The van der Waals surface area contributed by atoms with Gasteiger partial charge in [0.2, 0.25) is 0 Å². The van der Waals surface area contributed by atoms with E-state index in [9.17, 15) is 0 Å². The van der Waals surface area contributed by atoms with Crippen LogP contribution in [0.15, 0.2) is 42.5 Å². The summed E-state index contributed by atoms with van der Waals surface area (Å²) in [6.07, 6.45) is 0. The first-order valence-corrected chi connectivity index (χ1v) is 7.77. The van der Waals surface area contributed by atoms with Crippen molar-refractivity contribution >= 4 is 0 Å². The van der Waals surface area contributed by atoms with Crippen molar-refractivity contribution in [2.24, 2.45) is 0 Å². The lowest BCUT2D eigenvalue weighted by atomic mass is 10.0.